The summed E-state index contributed by atoms with van der Waals surface area (Å²) in [6, 6.07) is 57.5. The van der Waals surface area contributed by atoms with E-state index >= 15 is 0 Å². The van der Waals surface area contributed by atoms with Crippen molar-refractivity contribution in [3.63, 3.8) is 0 Å². The zero-order valence-electron chi connectivity index (χ0n) is 34.3. The molecule has 57 heavy (non-hydrogen) atoms. The fourth-order valence-electron chi connectivity index (χ4n) is 8.40. The zero-order chi connectivity index (χ0) is 39.6. The Balaban J connectivity index is 1.16. The van der Waals surface area contributed by atoms with Crippen LogP contribution in [0.2, 0.25) is 0 Å². The summed E-state index contributed by atoms with van der Waals surface area (Å²) in [5, 5.41) is 7.04. The number of benzene rings is 8. The molecule has 3 nitrogen and oxygen atoms in total. The molecule has 0 aliphatic rings. The number of furan rings is 1. The van der Waals surface area contributed by atoms with Crippen LogP contribution in [-0.4, -0.2) is 0 Å². The fourth-order valence-corrected chi connectivity index (χ4v) is 8.40. The topological polar surface area (TPSA) is 19.6 Å². The standard InChI is InChI=1S/C54H50N2O/c1-35-45-33-51-47(31-37(45)19-29-49(35)55(41-15-11-9-12-16-41)43-25-21-39(22-26-43)53(3,4)5)48-32-38-20-30-50(36(2)46(38)34-52(48)57-51)56(42-17-13-10-14-18-42)44-27-23-40(24-28-44)54(6,7)8/h9-34H,1-8H3. The lowest BCUT2D eigenvalue weighted by atomic mass is 9.87. The number of para-hydroxylation sites is 2. The maximum atomic E-state index is 6.78. The minimum absolute atomic E-state index is 0.0845. The van der Waals surface area contributed by atoms with E-state index in [1.54, 1.807) is 0 Å². The van der Waals surface area contributed by atoms with Gasteiger partial charge >= 0.3 is 0 Å². The predicted molar refractivity (Wildman–Crippen MR) is 245 cm³/mol. The van der Waals surface area contributed by atoms with E-state index in [0.29, 0.717) is 0 Å². The van der Waals surface area contributed by atoms with Gasteiger partial charge in [0.1, 0.15) is 11.2 Å². The molecule has 0 saturated heterocycles. The van der Waals surface area contributed by atoms with Crippen LogP contribution >= 0.6 is 0 Å². The van der Waals surface area contributed by atoms with Crippen molar-refractivity contribution in [1.82, 2.24) is 0 Å². The molecule has 282 valence electrons. The van der Waals surface area contributed by atoms with Crippen molar-refractivity contribution in [2.45, 2.75) is 66.2 Å². The molecule has 0 fully saturated rings. The lowest BCUT2D eigenvalue weighted by molar-refractivity contribution is 0.590. The third-order valence-electron chi connectivity index (χ3n) is 11.7. The molecule has 1 aromatic heterocycles. The van der Waals surface area contributed by atoms with Gasteiger partial charge in [-0.25, -0.2) is 0 Å². The van der Waals surface area contributed by atoms with Crippen molar-refractivity contribution in [3.05, 3.63) is 180 Å². The van der Waals surface area contributed by atoms with Gasteiger partial charge in [-0.2, -0.15) is 0 Å². The lowest BCUT2D eigenvalue weighted by Crippen LogP contribution is -2.13. The molecular formula is C54H50N2O. The molecule has 0 unspecified atom stereocenters. The summed E-state index contributed by atoms with van der Waals surface area (Å²) in [5.41, 5.74) is 13.9. The van der Waals surface area contributed by atoms with Gasteiger partial charge in [-0.3, -0.25) is 0 Å². The first kappa shape index (κ1) is 36.3. The van der Waals surface area contributed by atoms with Crippen LogP contribution in [0.4, 0.5) is 34.1 Å². The summed E-state index contributed by atoms with van der Waals surface area (Å²) in [4.78, 5) is 4.74. The Labute approximate surface area is 336 Å². The molecule has 0 amide bonds. The van der Waals surface area contributed by atoms with Crippen molar-refractivity contribution in [3.8, 4) is 0 Å². The van der Waals surface area contributed by atoms with E-state index in [-0.39, 0.29) is 10.8 Å². The molecule has 1 heterocycles. The molecule has 0 radical (unpaired) electrons. The maximum Gasteiger partial charge on any atom is 0.136 e. The molecule has 0 aliphatic heterocycles. The van der Waals surface area contributed by atoms with E-state index in [9.17, 15) is 0 Å². The quantitative estimate of drug-likeness (QED) is 0.169. The molecule has 0 bridgehead atoms. The minimum Gasteiger partial charge on any atom is -0.456 e. The molecule has 0 saturated carbocycles. The third-order valence-corrected chi connectivity index (χ3v) is 11.7. The van der Waals surface area contributed by atoms with Gasteiger partial charge in [-0.05, 0) is 153 Å². The van der Waals surface area contributed by atoms with Crippen molar-refractivity contribution in [2.24, 2.45) is 0 Å². The Morgan fingerprint density at radius 2 is 0.719 bits per heavy atom. The fraction of sp³-hybridized carbons (Fsp3) is 0.185. The maximum absolute atomic E-state index is 6.78. The largest absolute Gasteiger partial charge is 0.456 e. The number of aryl methyl sites for hydroxylation is 2. The van der Waals surface area contributed by atoms with Crippen LogP contribution in [0.1, 0.15) is 63.8 Å². The number of anilines is 6. The van der Waals surface area contributed by atoms with Crippen LogP contribution in [0.25, 0.3) is 43.5 Å². The summed E-state index contributed by atoms with van der Waals surface area (Å²) in [7, 11) is 0. The number of hydrogen-bond acceptors (Lipinski definition) is 3. The summed E-state index contributed by atoms with van der Waals surface area (Å²) in [6.07, 6.45) is 0. The van der Waals surface area contributed by atoms with Crippen LogP contribution in [0.5, 0.6) is 0 Å². The Morgan fingerprint density at radius 1 is 0.368 bits per heavy atom. The van der Waals surface area contributed by atoms with Crippen molar-refractivity contribution in [2.75, 3.05) is 9.80 Å². The van der Waals surface area contributed by atoms with E-state index < -0.39 is 0 Å². The summed E-state index contributed by atoms with van der Waals surface area (Å²) in [6.45, 7) is 18.0. The zero-order valence-corrected chi connectivity index (χ0v) is 34.3. The van der Waals surface area contributed by atoms with Gasteiger partial charge in [-0.15, -0.1) is 0 Å². The molecular weight excluding hydrogens is 693 g/mol. The SMILES string of the molecule is Cc1c(N(c2ccccc2)c2ccc(C(C)(C)C)cc2)ccc2cc3c(cc12)oc1cc2c(C)c(N(c4ccccc4)c4ccc(C(C)(C)C)cc4)ccc2cc13. The number of hydrogen-bond donors (Lipinski definition) is 0. The van der Waals surface area contributed by atoms with Crippen LogP contribution in [-0.2, 0) is 10.8 Å². The second kappa shape index (κ2) is 13.7. The number of rotatable bonds is 6. The first-order chi connectivity index (χ1) is 27.3. The average molecular weight is 743 g/mol. The second-order valence-electron chi connectivity index (χ2n) is 17.6. The molecule has 9 aromatic rings. The van der Waals surface area contributed by atoms with Gasteiger partial charge < -0.3 is 14.2 Å². The number of fused-ring (bicyclic) bond motifs is 5. The highest BCUT2D eigenvalue weighted by molar-refractivity contribution is 6.15. The molecule has 0 spiro atoms. The third kappa shape index (κ3) is 6.51. The molecule has 9 rings (SSSR count). The highest BCUT2D eigenvalue weighted by Crippen LogP contribution is 2.44. The molecule has 8 aromatic carbocycles. The average Bonchev–Trinajstić information content (AvgIpc) is 3.55. The van der Waals surface area contributed by atoms with Crippen molar-refractivity contribution < 1.29 is 4.42 Å². The van der Waals surface area contributed by atoms with Gasteiger partial charge in [-0.1, -0.05) is 114 Å². The summed E-state index contributed by atoms with van der Waals surface area (Å²) >= 11 is 0. The molecule has 0 N–H and O–H groups in total. The van der Waals surface area contributed by atoms with E-state index in [0.717, 1.165) is 56.1 Å². The van der Waals surface area contributed by atoms with Gasteiger partial charge in [0.2, 0.25) is 0 Å². The highest BCUT2D eigenvalue weighted by atomic mass is 16.3. The normalized spacial score (nSPS) is 12.2. The Kier molecular flexibility index (Phi) is 8.73. The van der Waals surface area contributed by atoms with Gasteiger partial charge in [0.15, 0.2) is 0 Å². The van der Waals surface area contributed by atoms with Crippen LogP contribution in [0, 0.1) is 13.8 Å². The monoisotopic (exact) mass is 742 g/mol. The highest BCUT2D eigenvalue weighted by Gasteiger charge is 2.22. The van der Waals surface area contributed by atoms with Crippen molar-refractivity contribution in [1.29, 1.82) is 0 Å². The lowest BCUT2D eigenvalue weighted by Gasteiger charge is -2.28. The van der Waals surface area contributed by atoms with Gasteiger partial charge in [0, 0.05) is 44.9 Å². The van der Waals surface area contributed by atoms with E-state index in [2.05, 4.69) is 223 Å². The van der Waals surface area contributed by atoms with E-state index in [4.69, 9.17) is 4.42 Å². The van der Waals surface area contributed by atoms with Gasteiger partial charge in [0.25, 0.3) is 0 Å². The Morgan fingerprint density at radius 3 is 1.07 bits per heavy atom. The van der Waals surface area contributed by atoms with Gasteiger partial charge in [0.05, 0.1) is 0 Å². The van der Waals surface area contributed by atoms with E-state index in [1.165, 1.54) is 43.8 Å². The smallest absolute Gasteiger partial charge is 0.136 e. The minimum atomic E-state index is 0.0845. The Hall–Kier alpha value is -6.32. The van der Waals surface area contributed by atoms with Crippen LogP contribution in [0.3, 0.4) is 0 Å². The van der Waals surface area contributed by atoms with Crippen LogP contribution in [0.15, 0.2) is 162 Å². The van der Waals surface area contributed by atoms with Crippen molar-refractivity contribution >= 4 is 77.6 Å². The number of nitrogens with zero attached hydrogens (tertiary/aromatic N) is 2. The Bertz CT molecular complexity index is 2710. The molecule has 3 heteroatoms. The predicted octanol–water partition coefficient (Wildman–Crippen LogP) is 16.0. The molecule has 0 aliphatic carbocycles. The van der Waals surface area contributed by atoms with E-state index in [1.807, 2.05) is 0 Å². The first-order valence-corrected chi connectivity index (χ1v) is 20.1. The van der Waals surface area contributed by atoms with Crippen LogP contribution < -0.4 is 9.80 Å². The second-order valence-corrected chi connectivity index (χ2v) is 17.6. The summed E-state index contributed by atoms with van der Waals surface area (Å²) in [5.74, 6) is 0. The molecule has 0 atom stereocenters. The summed E-state index contributed by atoms with van der Waals surface area (Å²) < 4.78 is 6.78. The first-order valence-electron chi connectivity index (χ1n) is 20.1.